The van der Waals surface area contributed by atoms with Crippen LogP contribution in [-0.4, -0.2) is 18.7 Å². The number of ether oxygens (including phenoxy) is 1. The van der Waals surface area contributed by atoms with Gasteiger partial charge < -0.3 is 10.1 Å². The third-order valence-corrected chi connectivity index (χ3v) is 4.41. The second-order valence-electron chi connectivity index (χ2n) is 4.25. The van der Waals surface area contributed by atoms with Crippen LogP contribution in [0.3, 0.4) is 0 Å². The lowest BCUT2D eigenvalue weighted by Crippen LogP contribution is -2.45. The van der Waals surface area contributed by atoms with Crippen molar-refractivity contribution in [3.05, 3.63) is 20.8 Å². The van der Waals surface area contributed by atoms with Gasteiger partial charge >= 0.3 is 0 Å². The molecule has 1 unspecified atom stereocenters. The SMILES string of the molecule is CC1(OCc2cc(Br)cs2)CCCNC1. The summed E-state index contributed by atoms with van der Waals surface area (Å²) in [5.41, 5.74) is 0.0225. The van der Waals surface area contributed by atoms with Crippen molar-refractivity contribution in [3.8, 4) is 0 Å². The lowest BCUT2D eigenvalue weighted by molar-refractivity contribution is -0.0561. The zero-order valence-electron chi connectivity index (χ0n) is 8.88. The van der Waals surface area contributed by atoms with Gasteiger partial charge in [0.15, 0.2) is 0 Å². The lowest BCUT2D eigenvalue weighted by Gasteiger charge is -2.34. The quantitative estimate of drug-likeness (QED) is 0.923. The molecule has 1 aromatic heterocycles. The second kappa shape index (κ2) is 4.95. The molecule has 1 N–H and O–H groups in total. The third kappa shape index (κ3) is 3.28. The smallest absolute Gasteiger partial charge is 0.0817 e. The average molecular weight is 290 g/mol. The van der Waals surface area contributed by atoms with Gasteiger partial charge in [0.2, 0.25) is 0 Å². The van der Waals surface area contributed by atoms with Crippen molar-refractivity contribution in [2.75, 3.05) is 13.1 Å². The molecule has 1 atom stereocenters. The largest absolute Gasteiger partial charge is 0.368 e. The first-order chi connectivity index (χ1) is 7.18. The highest BCUT2D eigenvalue weighted by Gasteiger charge is 2.27. The van der Waals surface area contributed by atoms with Gasteiger partial charge in [-0.25, -0.2) is 0 Å². The fourth-order valence-corrected chi connectivity index (χ4v) is 3.19. The van der Waals surface area contributed by atoms with E-state index in [2.05, 4.69) is 39.6 Å². The zero-order chi connectivity index (χ0) is 10.7. The summed E-state index contributed by atoms with van der Waals surface area (Å²) in [6, 6.07) is 2.13. The summed E-state index contributed by atoms with van der Waals surface area (Å²) >= 11 is 5.20. The third-order valence-electron chi connectivity index (χ3n) is 2.74. The number of thiophene rings is 1. The van der Waals surface area contributed by atoms with E-state index in [1.165, 1.54) is 11.3 Å². The van der Waals surface area contributed by atoms with Crippen LogP contribution in [0.4, 0.5) is 0 Å². The van der Waals surface area contributed by atoms with Crippen LogP contribution >= 0.6 is 27.3 Å². The number of rotatable bonds is 3. The van der Waals surface area contributed by atoms with E-state index in [0.29, 0.717) is 0 Å². The first-order valence-electron chi connectivity index (χ1n) is 5.26. The summed E-state index contributed by atoms with van der Waals surface area (Å²) in [5.74, 6) is 0. The van der Waals surface area contributed by atoms with Crippen LogP contribution in [-0.2, 0) is 11.3 Å². The molecule has 15 heavy (non-hydrogen) atoms. The van der Waals surface area contributed by atoms with Crippen molar-refractivity contribution in [1.29, 1.82) is 0 Å². The molecule has 1 aliphatic heterocycles. The zero-order valence-corrected chi connectivity index (χ0v) is 11.3. The highest BCUT2D eigenvalue weighted by molar-refractivity contribution is 9.10. The number of hydrogen-bond donors (Lipinski definition) is 1. The van der Waals surface area contributed by atoms with E-state index in [1.807, 2.05) is 0 Å². The Balaban J connectivity index is 1.86. The summed E-state index contributed by atoms with van der Waals surface area (Å²) in [6.07, 6.45) is 2.37. The number of halogens is 1. The van der Waals surface area contributed by atoms with Crippen LogP contribution in [0.5, 0.6) is 0 Å². The Morgan fingerprint density at radius 2 is 2.53 bits per heavy atom. The van der Waals surface area contributed by atoms with E-state index in [-0.39, 0.29) is 5.60 Å². The average Bonchev–Trinajstić information content (AvgIpc) is 2.63. The van der Waals surface area contributed by atoms with Gasteiger partial charge in [0.05, 0.1) is 12.2 Å². The van der Waals surface area contributed by atoms with E-state index in [4.69, 9.17) is 4.74 Å². The number of piperidine rings is 1. The van der Waals surface area contributed by atoms with Gasteiger partial charge in [-0.2, -0.15) is 0 Å². The molecule has 2 nitrogen and oxygen atoms in total. The Hall–Kier alpha value is 0.1000. The highest BCUT2D eigenvalue weighted by Crippen LogP contribution is 2.25. The van der Waals surface area contributed by atoms with Gasteiger partial charge in [-0.3, -0.25) is 0 Å². The Kier molecular flexibility index (Phi) is 3.83. The molecule has 0 amide bonds. The van der Waals surface area contributed by atoms with Crippen molar-refractivity contribution in [1.82, 2.24) is 5.32 Å². The molecule has 0 aliphatic carbocycles. The molecule has 0 radical (unpaired) electrons. The molecule has 1 saturated heterocycles. The van der Waals surface area contributed by atoms with Gasteiger partial charge in [-0.15, -0.1) is 11.3 Å². The number of hydrogen-bond acceptors (Lipinski definition) is 3. The standard InChI is InChI=1S/C11H16BrNOS/c1-11(3-2-4-13-8-11)14-6-10-5-9(12)7-15-10/h5,7,13H,2-4,6,8H2,1H3. The Labute approximate surface area is 103 Å². The monoisotopic (exact) mass is 289 g/mol. The maximum atomic E-state index is 6.00. The Bertz CT molecular complexity index is 320. The van der Waals surface area contributed by atoms with Crippen molar-refractivity contribution in [2.45, 2.75) is 32.0 Å². The van der Waals surface area contributed by atoms with Crippen LogP contribution in [0.25, 0.3) is 0 Å². The predicted molar refractivity (Wildman–Crippen MR) is 67.3 cm³/mol. The van der Waals surface area contributed by atoms with Crippen LogP contribution in [0.2, 0.25) is 0 Å². The molecule has 0 spiro atoms. The summed E-state index contributed by atoms with van der Waals surface area (Å²) in [5, 5.41) is 5.48. The fourth-order valence-electron chi connectivity index (χ4n) is 1.83. The van der Waals surface area contributed by atoms with E-state index in [0.717, 1.165) is 30.6 Å². The molecule has 1 aliphatic rings. The van der Waals surface area contributed by atoms with E-state index in [1.54, 1.807) is 11.3 Å². The lowest BCUT2D eigenvalue weighted by atomic mass is 9.96. The minimum Gasteiger partial charge on any atom is -0.368 e. The molecule has 0 bridgehead atoms. The van der Waals surface area contributed by atoms with Crippen LogP contribution in [0, 0.1) is 0 Å². The molecule has 2 rings (SSSR count). The van der Waals surface area contributed by atoms with Crippen molar-refractivity contribution < 1.29 is 4.74 Å². The molecular weight excluding hydrogens is 274 g/mol. The van der Waals surface area contributed by atoms with Crippen LogP contribution in [0.1, 0.15) is 24.6 Å². The molecule has 0 aromatic carbocycles. The first-order valence-corrected chi connectivity index (χ1v) is 6.93. The molecule has 1 aromatic rings. The van der Waals surface area contributed by atoms with Gasteiger partial charge in [0.1, 0.15) is 0 Å². The minimum absolute atomic E-state index is 0.0225. The highest BCUT2D eigenvalue weighted by atomic mass is 79.9. The summed E-state index contributed by atoms with van der Waals surface area (Å²) in [6.45, 7) is 5.03. The minimum atomic E-state index is 0.0225. The maximum Gasteiger partial charge on any atom is 0.0817 e. The summed E-state index contributed by atoms with van der Waals surface area (Å²) < 4.78 is 7.15. The van der Waals surface area contributed by atoms with Crippen molar-refractivity contribution in [2.24, 2.45) is 0 Å². The first kappa shape index (κ1) is 11.6. The fraction of sp³-hybridized carbons (Fsp3) is 0.636. The molecule has 4 heteroatoms. The van der Waals surface area contributed by atoms with Gasteiger partial charge in [-0.1, -0.05) is 0 Å². The van der Waals surface area contributed by atoms with Gasteiger partial charge in [0.25, 0.3) is 0 Å². The van der Waals surface area contributed by atoms with E-state index < -0.39 is 0 Å². The van der Waals surface area contributed by atoms with E-state index in [9.17, 15) is 0 Å². The molecule has 0 saturated carbocycles. The normalized spacial score (nSPS) is 26.8. The number of nitrogens with one attached hydrogen (secondary N) is 1. The van der Waals surface area contributed by atoms with Crippen molar-refractivity contribution >= 4 is 27.3 Å². The van der Waals surface area contributed by atoms with Crippen LogP contribution in [0.15, 0.2) is 15.9 Å². The maximum absolute atomic E-state index is 6.00. The predicted octanol–water partition coefficient (Wildman–Crippen LogP) is 3.17. The summed E-state index contributed by atoms with van der Waals surface area (Å²) in [7, 11) is 0. The molecule has 2 heterocycles. The topological polar surface area (TPSA) is 21.3 Å². The molecular formula is C11H16BrNOS. The summed E-state index contributed by atoms with van der Waals surface area (Å²) in [4.78, 5) is 1.29. The molecule has 84 valence electrons. The Morgan fingerprint density at radius 3 is 3.13 bits per heavy atom. The van der Waals surface area contributed by atoms with Crippen molar-refractivity contribution in [3.63, 3.8) is 0 Å². The molecule has 1 fully saturated rings. The van der Waals surface area contributed by atoms with Gasteiger partial charge in [0, 0.05) is 21.3 Å². The second-order valence-corrected chi connectivity index (χ2v) is 6.16. The van der Waals surface area contributed by atoms with Crippen LogP contribution < -0.4 is 5.32 Å². The van der Waals surface area contributed by atoms with E-state index >= 15 is 0 Å². The van der Waals surface area contributed by atoms with Gasteiger partial charge in [-0.05, 0) is 48.3 Å². The Morgan fingerprint density at radius 1 is 1.67 bits per heavy atom.